The van der Waals surface area contributed by atoms with Gasteiger partial charge in [-0.25, -0.2) is 29.9 Å². The van der Waals surface area contributed by atoms with Gasteiger partial charge in [0.2, 0.25) is 0 Å². The molecule has 15 nitrogen and oxygen atoms in total. The van der Waals surface area contributed by atoms with Gasteiger partial charge in [-0.05, 0) is 180 Å². The largest absolute Gasteiger partial charge is 1.00 e. The summed E-state index contributed by atoms with van der Waals surface area (Å²) in [4.78, 5) is 45.8. The number of carbonyl (C=O) groups excluding carboxylic acids is 1. The summed E-state index contributed by atoms with van der Waals surface area (Å²) in [7, 11) is 0. The molecule has 18 aromatic rings. The summed E-state index contributed by atoms with van der Waals surface area (Å²) in [5.74, 6) is 6.31. The van der Waals surface area contributed by atoms with E-state index in [1.165, 1.54) is 197 Å². The molecule has 142 heavy (non-hydrogen) atoms. The SMILES string of the molecule is Brc1ccc2c3ccc(Br)cc3c3[nH]c(-c4ccc(OCCOc5ccc6nc(-c7ccccc7)c(-c7ccccc7)nc6c5)cc4)nc3c2c1.C.CCCCCCCCC(CBr)CCCCCC.CCCCCCCCC(CCCCCC)Cn1c(-c2ccc(OCCOc3ccc4nc(-c5ccccc5)c(-c5ccccc5)nc4c3)cc2)nc2c3cc(Br)ccc3c3ccc(Br)cc3c21.O=CO[O-].[H-].[K+].[K+]. The third-order valence-electron chi connectivity index (χ3n) is 25.7. The van der Waals surface area contributed by atoms with Gasteiger partial charge >= 0.3 is 103 Å². The van der Waals surface area contributed by atoms with Crippen molar-refractivity contribution < 1.29 is 138 Å². The maximum absolute atomic E-state index is 8.64. The zero-order valence-electron chi connectivity index (χ0n) is 82.9. The molecule has 2 atom stereocenters. The Hall–Kier alpha value is -7.96. The molecule has 0 radical (unpaired) electrons. The number of aromatic nitrogens is 8. The molecule has 22 heteroatoms. The Labute approximate surface area is 965 Å². The summed E-state index contributed by atoms with van der Waals surface area (Å²) in [5, 5.41) is 19.1. The van der Waals surface area contributed by atoms with Crippen molar-refractivity contribution in [2.24, 2.45) is 11.8 Å². The van der Waals surface area contributed by atoms with Crippen molar-refractivity contribution in [2.45, 2.75) is 196 Å². The molecule has 1 N–H and O–H groups in total. The molecule has 0 saturated carbocycles. The van der Waals surface area contributed by atoms with Gasteiger partial charge in [0.15, 0.2) is 0 Å². The van der Waals surface area contributed by atoms with E-state index in [9.17, 15) is 0 Å². The molecule has 0 fully saturated rings. The topological polar surface area (TPSA) is 184 Å². The van der Waals surface area contributed by atoms with Gasteiger partial charge in [-0.15, -0.1) is 0 Å². The predicted octanol–water partition coefficient (Wildman–Crippen LogP) is 29.3. The van der Waals surface area contributed by atoms with Gasteiger partial charge in [-0.2, -0.15) is 0 Å². The summed E-state index contributed by atoms with van der Waals surface area (Å²) in [6.45, 7) is 11.5. The number of halogens is 5. The van der Waals surface area contributed by atoms with Crippen molar-refractivity contribution in [3.8, 4) is 90.8 Å². The van der Waals surface area contributed by atoms with Crippen LogP contribution in [0.15, 0.2) is 297 Å². The molecule has 0 aliphatic heterocycles. The van der Waals surface area contributed by atoms with Crippen LogP contribution in [0.3, 0.4) is 0 Å². The van der Waals surface area contributed by atoms with Crippen LogP contribution in [0, 0.1) is 11.8 Å². The zero-order chi connectivity index (χ0) is 96.4. The number of alkyl halides is 1. The van der Waals surface area contributed by atoms with Crippen molar-refractivity contribution in [2.75, 3.05) is 31.8 Å². The van der Waals surface area contributed by atoms with E-state index in [1.54, 1.807) is 0 Å². The summed E-state index contributed by atoms with van der Waals surface area (Å²) in [6.07, 6.45) is 32.6. The summed E-state index contributed by atoms with van der Waals surface area (Å²) in [6, 6.07) is 95.1. The quantitative estimate of drug-likeness (QED) is 0.00724. The number of aromatic amines is 1. The molecule has 14 aromatic carbocycles. The second-order valence-electron chi connectivity index (χ2n) is 35.8. The van der Waals surface area contributed by atoms with E-state index in [4.69, 9.17) is 58.9 Å². The number of hydrogen-bond donors (Lipinski definition) is 1. The van der Waals surface area contributed by atoms with E-state index in [-0.39, 0.29) is 118 Å². The molecule has 726 valence electrons. The minimum Gasteiger partial charge on any atom is -1.00 e. The van der Waals surface area contributed by atoms with Gasteiger partial charge in [0.05, 0.1) is 66.9 Å². The Kier molecular flexibility index (Phi) is 47.0. The van der Waals surface area contributed by atoms with Crippen molar-refractivity contribution >= 4 is 173 Å². The first-order chi connectivity index (χ1) is 68.3. The number of nitrogens with zero attached hydrogens (tertiary/aromatic N) is 7. The van der Waals surface area contributed by atoms with E-state index in [2.05, 4.69) is 267 Å². The Morgan fingerprint density at radius 1 is 0.338 bits per heavy atom. The molecule has 18 rings (SSSR count). The second kappa shape index (κ2) is 59.1. The molecule has 2 unspecified atom stereocenters. The average Bonchev–Trinajstić information content (AvgIpc) is 1.60. The molecule has 0 aliphatic carbocycles. The molecule has 0 aliphatic rings. The van der Waals surface area contributed by atoms with Crippen LogP contribution in [0.5, 0.6) is 23.0 Å². The van der Waals surface area contributed by atoms with Gasteiger partial charge in [-0.1, -0.05) is 389 Å². The van der Waals surface area contributed by atoms with E-state index < -0.39 is 0 Å². The minimum atomic E-state index is -0.181. The van der Waals surface area contributed by atoms with E-state index >= 15 is 0 Å². The van der Waals surface area contributed by atoms with Crippen molar-refractivity contribution in [3.63, 3.8) is 0 Å². The fourth-order valence-corrected chi connectivity index (χ4v) is 20.6. The maximum atomic E-state index is 8.64. The molecule has 4 heterocycles. The summed E-state index contributed by atoms with van der Waals surface area (Å²) < 4.78 is 31.4. The van der Waals surface area contributed by atoms with Crippen LogP contribution in [-0.4, -0.2) is 77.7 Å². The van der Waals surface area contributed by atoms with Gasteiger partial charge in [-0.3, -0.25) is 4.79 Å². The standard InChI is InChI=1S/C59H60Br2N4O2.C43H28Br2N4O2.C16H33Br.CH2O3.CH4.2K.H/c1-3-5-7-9-10-14-20-41(19-13-8-6-4-2)40-65-58-52-38-46(61)28-33-50(52)49-32-27-45(60)37-51(49)57(58)64-59(65)44-25-29-47(30-26-44)66-35-36-67-48-31-34-53-54(39-48)63-56(43-23-17-12-18-24-43)55(62-53)42-21-15-11-16-22-42;44-29-13-18-33-34-19-14-30(45)24-36(34)42-41(35(33)23-29)48-43(49-42)28-11-15-31(16-12-28)50-21-22-51-32-17-20-37-38(25-32)47-40(27-9-5-2-6-10-27)39(46-37)26-7-3-1-4-8-26;1-3-5-7-9-10-12-14-16(15-17)13-11-8-6-4-2;2-1-4-3;;;;/h11-12,15-18,21-34,37-39,41H,3-10,13-14,19-20,35-36,40H2,1-2H3;1-20,23-25H,21-22H2,(H,48,49);16H,3-15H2,1-2H3;1,3H;1H4;;;/q;;;;;2*+1;-1/p-1. The van der Waals surface area contributed by atoms with Crippen molar-refractivity contribution in [1.82, 2.24) is 39.5 Å². The Morgan fingerprint density at radius 2 is 0.662 bits per heavy atom. The summed E-state index contributed by atoms with van der Waals surface area (Å²) in [5.41, 5.74) is 16.9. The van der Waals surface area contributed by atoms with E-state index in [1.807, 2.05) is 133 Å². The van der Waals surface area contributed by atoms with Crippen LogP contribution < -0.4 is 127 Å². The number of rotatable bonds is 44. The van der Waals surface area contributed by atoms with Crippen LogP contribution in [0.2, 0.25) is 0 Å². The smallest absolute Gasteiger partial charge is 1.00 e. The number of imidazole rings is 2. The first kappa shape index (κ1) is 113. The zero-order valence-corrected chi connectivity index (χ0v) is 96.1. The van der Waals surface area contributed by atoms with Gasteiger partial charge in [0, 0.05) is 96.8 Å². The molecule has 0 spiro atoms. The normalized spacial score (nSPS) is 11.5. The Balaban J connectivity index is 0.000000227. The fraction of sp³-hybridized carbons (Fsp3) is 0.308. The monoisotopic (exact) mass is 2260 g/mol. The van der Waals surface area contributed by atoms with Crippen LogP contribution >= 0.6 is 79.6 Å². The predicted molar refractivity (Wildman–Crippen MR) is 600 cm³/mol. The van der Waals surface area contributed by atoms with Gasteiger partial charge < -0.3 is 40.1 Å². The van der Waals surface area contributed by atoms with E-state index in [0.717, 1.165) is 165 Å². The van der Waals surface area contributed by atoms with Crippen LogP contribution in [0.25, 0.3) is 155 Å². The van der Waals surface area contributed by atoms with Crippen molar-refractivity contribution in [3.05, 3.63) is 297 Å². The second-order valence-corrected chi connectivity index (χ2v) is 40.1. The third kappa shape index (κ3) is 30.9. The molecule has 0 bridgehead atoms. The number of H-pyrrole nitrogens is 1. The van der Waals surface area contributed by atoms with Crippen LogP contribution in [0.4, 0.5) is 0 Å². The number of carbonyl (C=O) groups is 1. The first-order valence-corrected chi connectivity index (χ1v) is 53.9. The number of fused-ring (bicyclic) bond motifs is 14. The van der Waals surface area contributed by atoms with Crippen molar-refractivity contribution in [1.29, 1.82) is 0 Å². The molecular formula is C120H127Br5K2N8O7. The Bertz CT molecular complexity index is 6940. The summed E-state index contributed by atoms with van der Waals surface area (Å²) >= 11 is 18.6. The molecule has 0 saturated heterocycles. The van der Waals surface area contributed by atoms with E-state index in [0.29, 0.717) is 38.1 Å². The third-order valence-corrected chi connectivity index (χ3v) is 28.6. The van der Waals surface area contributed by atoms with Gasteiger partial charge in [0.1, 0.15) is 61.1 Å². The number of benzene rings is 14. The average molecular weight is 2270 g/mol. The number of ether oxygens (including phenoxy) is 4. The minimum absolute atomic E-state index is 0. The number of hydrogen-bond acceptors (Lipinski definition) is 13. The number of unbranched alkanes of at least 4 members (excludes halogenated alkanes) is 16. The molecule has 0 amide bonds. The van der Waals surface area contributed by atoms with Crippen LogP contribution in [-0.2, 0) is 16.2 Å². The fourth-order valence-electron chi connectivity index (χ4n) is 18.5. The first-order valence-electron chi connectivity index (χ1n) is 49.6. The number of nitrogens with one attached hydrogen (secondary N) is 1. The Morgan fingerprint density at radius 3 is 1.06 bits per heavy atom. The maximum Gasteiger partial charge on any atom is 1.00 e. The van der Waals surface area contributed by atoms with Crippen LogP contribution in [0.1, 0.15) is 191 Å². The molecular weight excluding hydrogens is 2140 g/mol. The van der Waals surface area contributed by atoms with Gasteiger partial charge in [0.25, 0.3) is 6.47 Å². The molecule has 4 aromatic heterocycles.